The zero-order chi connectivity index (χ0) is 21.9. The van der Waals surface area contributed by atoms with Crippen molar-refractivity contribution in [2.24, 2.45) is 0 Å². The molecule has 30 heavy (non-hydrogen) atoms. The number of anilines is 1. The van der Waals surface area contributed by atoms with Crippen LogP contribution < -0.4 is 14.2 Å². The number of ether oxygens (including phenoxy) is 2. The molecule has 164 valence electrons. The van der Waals surface area contributed by atoms with E-state index in [-0.39, 0.29) is 22.9 Å². The molecule has 0 radical (unpaired) electrons. The van der Waals surface area contributed by atoms with E-state index in [0.29, 0.717) is 30.8 Å². The number of fused-ring (bicyclic) bond motifs is 1. The van der Waals surface area contributed by atoms with Crippen molar-refractivity contribution in [2.45, 2.75) is 31.2 Å². The molecule has 0 spiro atoms. The minimum Gasteiger partial charge on any atom is -0.497 e. The Balaban J connectivity index is 1.89. The maximum Gasteiger partial charge on any atom is 0.265 e. The monoisotopic (exact) mass is 454 g/mol. The number of nitrogens with zero attached hydrogens (tertiary/aromatic N) is 1. The van der Waals surface area contributed by atoms with Crippen molar-refractivity contribution in [3.63, 3.8) is 0 Å². The molecule has 0 fully saturated rings. The Bertz CT molecular complexity index is 1130. The van der Waals surface area contributed by atoms with Crippen LogP contribution in [0.2, 0.25) is 0 Å². The Morgan fingerprint density at radius 2 is 1.77 bits per heavy atom. The van der Waals surface area contributed by atoms with Crippen LogP contribution in [0, 0.1) is 0 Å². The lowest BCUT2D eigenvalue weighted by Gasteiger charge is -2.28. The molecule has 0 bridgehead atoms. The second kappa shape index (κ2) is 8.83. The molecule has 1 aliphatic heterocycles. The van der Waals surface area contributed by atoms with Crippen LogP contribution in [0.25, 0.3) is 0 Å². The van der Waals surface area contributed by atoms with Gasteiger partial charge < -0.3 is 9.47 Å². The van der Waals surface area contributed by atoms with Gasteiger partial charge in [-0.3, -0.25) is 4.72 Å². The number of nitrogens with one attached hydrogen (secondary N) is 1. The average molecular weight is 455 g/mol. The first-order valence-electron chi connectivity index (χ1n) is 9.54. The zero-order valence-corrected chi connectivity index (χ0v) is 18.8. The first-order valence-corrected chi connectivity index (χ1v) is 12.6. The maximum atomic E-state index is 13.0. The first kappa shape index (κ1) is 22.4. The van der Waals surface area contributed by atoms with Crippen LogP contribution in [0.5, 0.6) is 11.5 Å². The Hall–Kier alpha value is -2.30. The van der Waals surface area contributed by atoms with Crippen molar-refractivity contribution in [1.29, 1.82) is 0 Å². The van der Waals surface area contributed by atoms with Gasteiger partial charge in [-0.1, -0.05) is 13.0 Å². The van der Waals surface area contributed by atoms with Gasteiger partial charge in [-0.25, -0.2) is 16.8 Å². The van der Waals surface area contributed by atoms with Crippen molar-refractivity contribution in [3.8, 4) is 11.5 Å². The minimum absolute atomic E-state index is 0.0470. The van der Waals surface area contributed by atoms with E-state index >= 15 is 0 Å². The molecule has 0 atom stereocenters. The third kappa shape index (κ3) is 4.71. The predicted octanol–water partition coefficient (Wildman–Crippen LogP) is 2.60. The largest absolute Gasteiger partial charge is 0.497 e. The molecule has 1 heterocycles. The van der Waals surface area contributed by atoms with Crippen molar-refractivity contribution in [2.75, 3.05) is 31.2 Å². The highest BCUT2D eigenvalue weighted by atomic mass is 32.2. The lowest BCUT2D eigenvalue weighted by atomic mass is 10.0. The standard InChI is InChI=1S/C20H26N2O6S2/c1-4-11-29(23,24)22-10-9-15-5-6-17(12-16(15)14-22)21-30(25,26)20-13-18(27-2)7-8-19(20)28-3/h5-8,12-13,21H,4,9-11,14H2,1-3H3. The van der Waals surface area contributed by atoms with Crippen LogP contribution in [0.4, 0.5) is 5.69 Å². The second-order valence-corrected chi connectivity index (χ2v) is 10.7. The Morgan fingerprint density at radius 1 is 1.00 bits per heavy atom. The van der Waals surface area contributed by atoms with Crippen LogP contribution in [0.1, 0.15) is 24.5 Å². The fraction of sp³-hybridized carbons (Fsp3) is 0.400. The van der Waals surface area contributed by atoms with Gasteiger partial charge in [0.2, 0.25) is 10.0 Å². The van der Waals surface area contributed by atoms with E-state index in [1.807, 2.05) is 13.0 Å². The van der Waals surface area contributed by atoms with Gasteiger partial charge in [0.15, 0.2) is 0 Å². The van der Waals surface area contributed by atoms with Gasteiger partial charge >= 0.3 is 0 Å². The van der Waals surface area contributed by atoms with Gasteiger partial charge in [0.25, 0.3) is 10.0 Å². The smallest absolute Gasteiger partial charge is 0.265 e. The van der Waals surface area contributed by atoms with Crippen molar-refractivity contribution < 1.29 is 26.3 Å². The van der Waals surface area contributed by atoms with Crippen LogP contribution in [-0.4, -0.2) is 47.7 Å². The minimum atomic E-state index is -3.95. The number of benzene rings is 2. The van der Waals surface area contributed by atoms with E-state index in [9.17, 15) is 16.8 Å². The summed E-state index contributed by atoms with van der Waals surface area (Å²) in [5, 5.41) is 0. The molecule has 0 aliphatic carbocycles. The quantitative estimate of drug-likeness (QED) is 0.658. The molecular formula is C20H26N2O6S2. The normalized spacial score (nSPS) is 14.8. The number of methoxy groups -OCH3 is 2. The molecule has 1 N–H and O–H groups in total. The van der Waals surface area contributed by atoms with Crippen LogP contribution >= 0.6 is 0 Å². The number of rotatable bonds is 8. The summed E-state index contributed by atoms with van der Waals surface area (Å²) in [7, 11) is -4.43. The molecule has 1 aliphatic rings. The topological polar surface area (TPSA) is 102 Å². The van der Waals surface area contributed by atoms with Gasteiger partial charge in [-0.2, -0.15) is 4.31 Å². The molecule has 3 rings (SSSR count). The SMILES string of the molecule is CCCS(=O)(=O)N1CCc2ccc(NS(=O)(=O)c3cc(OC)ccc3OC)cc2C1. The van der Waals surface area contributed by atoms with Gasteiger partial charge in [0.05, 0.1) is 20.0 Å². The van der Waals surface area contributed by atoms with E-state index in [0.717, 1.165) is 11.1 Å². The fourth-order valence-electron chi connectivity index (χ4n) is 3.42. The fourth-order valence-corrected chi connectivity index (χ4v) is 6.14. The van der Waals surface area contributed by atoms with E-state index in [1.54, 1.807) is 18.2 Å². The molecule has 8 nitrogen and oxygen atoms in total. The molecule has 2 aromatic carbocycles. The van der Waals surface area contributed by atoms with E-state index in [1.165, 1.54) is 30.7 Å². The van der Waals surface area contributed by atoms with Crippen molar-refractivity contribution in [3.05, 3.63) is 47.5 Å². The summed E-state index contributed by atoms with van der Waals surface area (Å²) in [4.78, 5) is -0.0470. The van der Waals surface area contributed by atoms with Crippen molar-refractivity contribution >= 4 is 25.7 Å². The molecule has 0 amide bonds. The van der Waals surface area contributed by atoms with Gasteiger partial charge in [0.1, 0.15) is 16.4 Å². The first-order chi connectivity index (χ1) is 14.2. The van der Waals surface area contributed by atoms with Crippen molar-refractivity contribution in [1.82, 2.24) is 4.31 Å². The molecule has 0 aromatic heterocycles. The summed E-state index contributed by atoms with van der Waals surface area (Å²) in [6.07, 6.45) is 1.14. The Kier molecular flexibility index (Phi) is 6.59. The number of hydrogen-bond donors (Lipinski definition) is 1. The molecular weight excluding hydrogens is 428 g/mol. The molecule has 0 unspecified atom stereocenters. The highest BCUT2D eigenvalue weighted by molar-refractivity contribution is 7.92. The summed E-state index contributed by atoms with van der Waals surface area (Å²) >= 11 is 0. The average Bonchev–Trinajstić information content (AvgIpc) is 2.72. The summed E-state index contributed by atoms with van der Waals surface area (Å²) in [5.41, 5.74) is 2.16. The van der Waals surface area contributed by atoms with E-state index in [4.69, 9.17) is 9.47 Å². The van der Waals surface area contributed by atoms with Gasteiger partial charge in [0, 0.05) is 24.8 Å². The van der Waals surface area contributed by atoms with E-state index < -0.39 is 20.0 Å². The predicted molar refractivity (Wildman–Crippen MR) is 115 cm³/mol. The van der Waals surface area contributed by atoms with Gasteiger partial charge in [-0.15, -0.1) is 0 Å². The van der Waals surface area contributed by atoms with E-state index in [2.05, 4.69) is 4.72 Å². The number of hydrogen-bond acceptors (Lipinski definition) is 6. The zero-order valence-electron chi connectivity index (χ0n) is 17.2. The lowest BCUT2D eigenvalue weighted by Crippen LogP contribution is -2.37. The third-order valence-corrected chi connectivity index (χ3v) is 8.38. The molecule has 2 aromatic rings. The van der Waals surface area contributed by atoms with Crippen LogP contribution in [-0.2, 0) is 33.0 Å². The second-order valence-electron chi connectivity index (χ2n) is 7.01. The summed E-state index contributed by atoms with van der Waals surface area (Å²) < 4.78 is 65.1. The summed E-state index contributed by atoms with van der Waals surface area (Å²) in [5.74, 6) is 0.682. The number of sulfonamides is 2. The third-order valence-electron chi connectivity index (χ3n) is 4.95. The highest BCUT2D eigenvalue weighted by Crippen LogP contribution is 2.31. The summed E-state index contributed by atoms with van der Waals surface area (Å²) in [6.45, 7) is 2.49. The molecule has 0 saturated heterocycles. The van der Waals surface area contributed by atoms with Gasteiger partial charge in [-0.05, 0) is 48.2 Å². The molecule has 0 saturated carbocycles. The highest BCUT2D eigenvalue weighted by Gasteiger charge is 2.27. The lowest BCUT2D eigenvalue weighted by molar-refractivity contribution is 0.391. The molecule has 10 heteroatoms. The Morgan fingerprint density at radius 3 is 2.43 bits per heavy atom. The Labute approximate surface area is 177 Å². The van der Waals surface area contributed by atoms with Crippen LogP contribution in [0.3, 0.4) is 0 Å². The maximum absolute atomic E-state index is 13.0. The van der Waals surface area contributed by atoms with Crippen LogP contribution in [0.15, 0.2) is 41.3 Å². The summed E-state index contributed by atoms with van der Waals surface area (Å²) in [6, 6.07) is 9.73.